The highest BCUT2D eigenvalue weighted by molar-refractivity contribution is 7.97. The van der Waals surface area contributed by atoms with E-state index in [-0.39, 0.29) is 11.9 Å². The zero-order chi connectivity index (χ0) is 20.4. The Morgan fingerprint density at radius 3 is 2.36 bits per heavy atom. The maximum absolute atomic E-state index is 11.7. The molecule has 28 heavy (non-hydrogen) atoms. The second-order valence-corrected chi connectivity index (χ2v) is 8.59. The van der Waals surface area contributed by atoms with Gasteiger partial charge in [-0.25, -0.2) is 4.31 Å². The molecule has 2 rings (SSSR count). The molecule has 152 valence electrons. The van der Waals surface area contributed by atoms with Crippen LogP contribution in [0, 0.1) is 5.92 Å². The van der Waals surface area contributed by atoms with Gasteiger partial charge in [-0.2, -0.15) is 0 Å². The van der Waals surface area contributed by atoms with E-state index in [0.717, 1.165) is 31.7 Å². The molecule has 4 nitrogen and oxygen atoms in total. The summed E-state index contributed by atoms with van der Waals surface area (Å²) < 4.78 is 7.64. The number of hydrogen-bond donors (Lipinski definition) is 1. The van der Waals surface area contributed by atoms with Crippen LogP contribution in [0.25, 0.3) is 0 Å². The molecule has 1 atom stereocenters. The van der Waals surface area contributed by atoms with Gasteiger partial charge in [-0.1, -0.05) is 44.2 Å². The summed E-state index contributed by atoms with van der Waals surface area (Å²) in [5.41, 5.74) is 1.25. The molecule has 0 aliphatic heterocycles. The van der Waals surface area contributed by atoms with Crippen molar-refractivity contribution in [1.29, 1.82) is 0 Å². The maximum atomic E-state index is 11.7. The fraction of sp³-hybridized carbons (Fsp3) is 0.435. The van der Waals surface area contributed by atoms with E-state index < -0.39 is 0 Å². The lowest BCUT2D eigenvalue weighted by Crippen LogP contribution is -2.37. The second-order valence-electron chi connectivity index (χ2n) is 7.42. The molecular weight excluding hydrogens is 368 g/mol. The summed E-state index contributed by atoms with van der Waals surface area (Å²) in [6.45, 7) is 7.96. The van der Waals surface area contributed by atoms with Gasteiger partial charge in [0, 0.05) is 31.0 Å². The van der Waals surface area contributed by atoms with Gasteiger partial charge in [0.05, 0.1) is 7.11 Å². The van der Waals surface area contributed by atoms with Gasteiger partial charge in [-0.15, -0.1) is 0 Å². The highest BCUT2D eigenvalue weighted by Crippen LogP contribution is 2.26. The zero-order valence-corrected chi connectivity index (χ0v) is 18.2. The van der Waals surface area contributed by atoms with Crippen LogP contribution in [-0.2, 0) is 11.2 Å². The average Bonchev–Trinajstić information content (AvgIpc) is 2.66. The van der Waals surface area contributed by atoms with Crippen LogP contribution >= 0.6 is 11.9 Å². The van der Waals surface area contributed by atoms with Crippen molar-refractivity contribution in [1.82, 2.24) is 9.62 Å². The number of hydrogen-bond acceptors (Lipinski definition) is 4. The Kier molecular flexibility index (Phi) is 9.38. The van der Waals surface area contributed by atoms with Gasteiger partial charge in [0.25, 0.3) is 0 Å². The number of methoxy groups -OCH3 is 1. The van der Waals surface area contributed by atoms with Crippen LogP contribution in [0.4, 0.5) is 0 Å². The Bertz CT molecular complexity index is 704. The third-order valence-electron chi connectivity index (χ3n) is 4.32. The standard InChI is InChI=1S/C23H32N2O2S/c1-18(2)17-25(28-23-12-10-22(27-4)11-13-23)15-14-21(24-19(3)26)16-20-8-6-5-7-9-20/h5-13,18,21H,14-17H2,1-4H3,(H,24,26). The number of carbonyl (C=O) groups excluding carboxylic acids is 1. The van der Waals surface area contributed by atoms with Crippen molar-refractivity contribution >= 4 is 17.9 Å². The minimum Gasteiger partial charge on any atom is -0.497 e. The molecule has 0 aliphatic rings. The number of carbonyl (C=O) groups is 1. The van der Waals surface area contributed by atoms with Gasteiger partial charge in [0.15, 0.2) is 0 Å². The summed E-state index contributed by atoms with van der Waals surface area (Å²) in [6.07, 6.45) is 1.76. The van der Waals surface area contributed by atoms with Crippen molar-refractivity contribution in [2.24, 2.45) is 5.92 Å². The van der Waals surface area contributed by atoms with E-state index in [0.29, 0.717) is 5.92 Å². The summed E-state index contributed by atoms with van der Waals surface area (Å²) in [5.74, 6) is 1.46. The number of nitrogens with one attached hydrogen (secondary N) is 1. The highest BCUT2D eigenvalue weighted by Gasteiger charge is 2.15. The molecule has 0 aliphatic carbocycles. The quantitative estimate of drug-likeness (QED) is 0.550. The van der Waals surface area contributed by atoms with E-state index in [1.807, 2.05) is 30.3 Å². The van der Waals surface area contributed by atoms with E-state index in [9.17, 15) is 4.79 Å². The van der Waals surface area contributed by atoms with Gasteiger partial charge in [-0.05, 0) is 60.5 Å². The SMILES string of the molecule is COc1ccc(SN(CCC(Cc2ccccc2)NC(C)=O)CC(C)C)cc1. The maximum Gasteiger partial charge on any atom is 0.217 e. The van der Waals surface area contributed by atoms with Crippen LogP contribution in [0.15, 0.2) is 59.5 Å². The van der Waals surface area contributed by atoms with Gasteiger partial charge in [-0.3, -0.25) is 4.79 Å². The van der Waals surface area contributed by atoms with Crippen LogP contribution in [0.1, 0.15) is 32.8 Å². The Labute approximate surface area is 173 Å². The molecule has 0 saturated carbocycles. The van der Waals surface area contributed by atoms with Gasteiger partial charge < -0.3 is 10.1 Å². The molecule has 0 radical (unpaired) electrons. The molecular formula is C23H32N2O2S. The fourth-order valence-corrected chi connectivity index (χ4v) is 4.20. The number of ether oxygens (including phenoxy) is 1. The van der Waals surface area contributed by atoms with E-state index in [1.54, 1.807) is 26.0 Å². The molecule has 0 saturated heterocycles. The largest absolute Gasteiger partial charge is 0.497 e. The Balaban J connectivity index is 2.00. The van der Waals surface area contributed by atoms with Crippen molar-refractivity contribution in [3.8, 4) is 5.75 Å². The van der Waals surface area contributed by atoms with Gasteiger partial charge in [0.2, 0.25) is 5.91 Å². The predicted molar refractivity (Wildman–Crippen MR) is 118 cm³/mol. The Hall–Kier alpha value is -1.98. The van der Waals surface area contributed by atoms with Crippen LogP contribution < -0.4 is 10.1 Å². The summed E-state index contributed by atoms with van der Waals surface area (Å²) in [7, 11) is 1.68. The van der Waals surface area contributed by atoms with Crippen LogP contribution in [0.2, 0.25) is 0 Å². The number of amides is 1. The topological polar surface area (TPSA) is 41.6 Å². The van der Waals surface area contributed by atoms with E-state index in [4.69, 9.17) is 4.74 Å². The van der Waals surface area contributed by atoms with Crippen molar-refractivity contribution in [2.75, 3.05) is 20.2 Å². The van der Waals surface area contributed by atoms with Crippen LogP contribution in [0.5, 0.6) is 5.75 Å². The lowest BCUT2D eigenvalue weighted by atomic mass is 10.0. The molecule has 0 bridgehead atoms. The predicted octanol–water partition coefficient (Wildman–Crippen LogP) is 4.80. The molecule has 0 heterocycles. The van der Waals surface area contributed by atoms with Crippen LogP contribution in [-0.4, -0.2) is 36.5 Å². The normalized spacial score (nSPS) is 12.2. The second kappa shape index (κ2) is 11.8. The van der Waals surface area contributed by atoms with Crippen molar-refractivity contribution in [3.63, 3.8) is 0 Å². The fourth-order valence-electron chi connectivity index (χ4n) is 3.08. The molecule has 0 fully saturated rings. The molecule has 0 spiro atoms. The minimum atomic E-state index is 0.0270. The highest BCUT2D eigenvalue weighted by atomic mass is 32.2. The lowest BCUT2D eigenvalue weighted by Gasteiger charge is -2.26. The first-order valence-corrected chi connectivity index (χ1v) is 10.6. The molecule has 1 amide bonds. The zero-order valence-electron chi connectivity index (χ0n) is 17.4. The molecule has 1 unspecified atom stereocenters. The molecule has 2 aromatic rings. The summed E-state index contributed by atoms with van der Waals surface area (Å²) in [6, 6.07) is 18.6. The van der Waals surface area contributed by atoms with Crippen molar-refractivity contribution in [2.45, 2.75) is 44.6 Å². The first-order chi connectivity index (χ1) is 13.5. The van der Waals surface area contributed by atoms with Gasteiger partial charge >= 0.3 is 0 Å². The van der Waals surface area contributed by atoms with Crippen molar-refractivity contribution < 1.29 is 9.53 Å². The van der Waals surface area contributed by atoms with E-state index in [2.05, 4.69) is 47.7 Å². The third-order valence-corrected chi connectivity index (χ3v) is 5.39. The first-order valence-electron chi connectivity index (χ1n) is 9.84. The molecule has 5 heteroatoms. The first kappa shape index (κ1) is 22.3. The Morgan fingerprint density at radius 2 is 1.79 bits per heavy atom. The number of nitrogens with zero attached hydrogens (tertiary/aromatic N) is 1. The smallest absolute Gasteiger partial charge is 0.217 e. The van der Waals surface area contributed by atoms with E-state index >= 15 is 0 Å². The minimum absolute atomic E-state index is 0.0270. The van der Waals surface area contributed by atoms with Crippen molar-refractivity contribution in [3.05, 3.63) is 60.2 Å². The Morgan fingerprint density at radius 1 is 1.11 bits per heavy atom. The lowest BCUT2D eigenvalue weighted by molar-refractivity contribution is -0.119. The molecule has 2 aromatic carbocycles. The number of benzene rings is 2. The summed E-state index contributed by atoms with van der Waals surface area (Å²) >= 11 is 1.77. The molecule has 1 N–H and O–H groups in total. The third kappa shape index (κ3) is 8.36. The molecule has 0 aromatic heterocycles. The average molecular weight is 401 g/mol. The number of rotatable bonds is 11. The van der Waals surface area contributed by atoms with Gasteiger partial charge in [0.1, 0.15) is 5.75 Å². The monoisotopic (exact) mass is 400 g/mol. The summed E-state index contributed by atoms with van der Waals surface area (Å²) in [4.78, 5) is 12.9. The summed E-state index contributed by atoms with van der Waals surface area (Å²) in [5, 5.41) is 3.12. The van der Waals surface area contributed by atoms with Crippen LogP contribution in [0.3, 0.4) is 0 Å². The van der Waals surface area contributed by atoms with E-state index in [1.165, 1.54) is 10.5 Å².